The molecular weight excluding hydrogens is 370 g/mol. The van der Waals surface area contributed by atoms with Crippen molar-refractivity contribution in [3.63, 3.8) is 0 Å². The minimum Gasteiger partial charge on any atom is -0.495 e. The SMILES string of the molecule is COC(=O)c1cc(C(=O)Nc2cc(NC(C)=O)ccc2OC)cc([N+](=O)[O-])c1. The van der Waals surface area contributed by atoms with Crippen LogP contribution in [-0.2, 0) is 9.53 Å². The monoisotopic (exact) mass is 387 g/mol. The highest BCUT2D eigenvalue weighted by Gasteiger charge is 2.19. The molecular formula is C18H17N3O7. The molecule has 0 aliphatic rings. The zero-order valence-corrected chi connectivity index (χ0v) is 15.3. The second kappa shape index (κ2) is 8.62. The maximum Gasteiger partial charge on any atom is 0.338 e. The largest absolute Gasteiger partial charge is 0.495 e. The van der Waals surface area contributed by atoms with E-state index in [1.807, 2.05) is 0 Å². The van der Waals surface area contributed by atoms with Gasteiger partial charge in [-0.05, 0) is 24.3 Å². The van der Waals surface area contributed by atoms with Gasteiger partial charge in [0.1, 0.15) is 5.75 Å². The fourth-order valence-electron chi connectivity index (χ4n) is 2.36. The van der Waals surface area contributed by atoms with Gasteiger partial charge in [-0.15, -0.1) is 0 Å². The van der Waals surface area contributed by atoms with Gasteiger partial charge in [0, 0.05) is 30.3 Å². The summed E-state index contributed by atoms with van der Waals surface area (Å²) in [6.45, 7) is 1.33. The van der Waals surface area contributed by atoms with Gasteiger partial charge in [-0.1, -0.05) is 0 Å². The van der Waals surface area contributed by atoms with Gasteiger partial charge in [0.15, 0.2) is 0 Å². The predicted octanol–water partition coefficient (Wildman–Crippen LogP) is 2.60. The molecule has 0 unspecified atom stereocenters. The standard InChI is InChI=1S/C18H17N3O7/c1-10(22)19-13-4-5-16(27-2)15(9-13)20-17(23)11-6-12(18(24)28-3)8-14(7-11)21(25)26/h4-9H,1-3H3,(H,19,22)(H,20,23). The highest BCUT2D eigenvalue weighted by atomic mass is 16.6. The molecule has 0 aliphatic heterocycles. The van der Waals surface area contributed by atoms with Gasteiger partial charge < -0.3 is 20.1 Å². The lowest BCUT2D eigenvalue weighted by molar-refractivity contribution is -0.384. The molecule has 146 valence electrons. The van der Waals surface area contributed by atoms with Crippen molar-refractivity contribution in [3.05, 3.63) is 57.6 Å². The third-order valence-electron chi connectivity index (χ3n) is 3.58. The van der Waals surface area contributed by atoms with Crippen molar-refractivity contribution in [2.24, 2.45) is 0 Å². The van der Waals surface area contributed by atoms with Crippen LogP contribution in [-0.4, -0.2) is 36.9 Å². The van der Waals surface area contributed by atoms with Crippen LogP contribution in [0, 0.1) is 10.1 Å². The molecule has 0 saturated carbocycles. The van der Waals surface area contributed by atoms with Crippen LogP contribution in [0.15, 0.2) is 36.4 Å². The van der Waals surface area contributed by atoms with Crippen molar-refractivity contribution in [1.29, 1.82) is 0 Å². The van der Waals surface area contributed by atoms with E-state index >= 15 is 0 Å². The summed E-state index contributed by atoms with van der Waals surface area (Å²) in [5.41, 5.74) is -0.0582. The maximum absolute atomic E-state index is 12.6. The molecule has 0 bridgehead atoms. The average Bonchev–Trinajstić information content (AvgIpc) is 2.66. The Bertz CT molecular complexity index is 956. The van der Waals surface area contributed by atoms with Gasteiger partial charge in [-0.3, -0.25) is 19.7 Å². The first-order valence-electron chi connectivity index (χ1n) is 7.90. The Morgan fingerprint density at radius 3 is 2.25 bits per heavy atom. The lowest BCUT2D eigenvalue weighted by Crippen LogP contribution is -2.15. The van der Waals surface area contributed by atoms with Crippen LogP contribution in [0.3, 0.4) is 0 Å². The first-order valence-corrected chi connectivity index (χ1v) is 7.90. The molecule has 2 aromatic carbocycles. The summed E-state index contributed by atoms with van der Waals surface area (Å²) >= 11 is 0. The van der Waals surface area contributed by atoms with E-state index in [1.165, 1.54) is 32.2 Å². The van der Waals surface area contributed by atoms with Crippen LogP contribution in [0.2, 0.25) is 0 Å². The number of hydrogen-bond donors (Lipinski definition) is 2. The normalized spacial score (nSPS) is 9.96. The Kier molecular flexibility index (Phi) is 6.27. The van der Waals surface area contributed by atoms with E-state index in [0.717, 1.165) is 19.2 Å². The number of benzene rings is 2. The fraction of sp³-hybridized carbons (Fsp3) is 0.167. The number of non-ortho nitro benzene ring substituents is 1. The Labute approximate surface area is 159 Å². The molecule has 0 saturated heterocycles. The number of rotatable bonds is 6. The molecule has 0 radical (unpaired) electrons. The van der Waals surface area contributed by atoms with Crippen molar-refractivity contribution in [1.82, 2.24) is 0 Å². The van der Waals surface area contributed by atoms with Gasteiger partial charge in [0.25, 0.3) is 11.6 Å². The third kappa shape index (κ3) is 4.81. The molecule has 2 amide bonds. The number of nitro groups is 1. The number of anilines is 2. The van der Waals surface area contributed by atoms with Crippen molar-refractivity contribution in [3.8, 4) is 5.75 Å². The van der Waals surface area contributed by atoms with E-state index in [0.29, 0.717) is 11.4 Å². The van der Waals surface area contributed by atoms with Crippen LogP contribution >= 0.6 is 0 Å². The van der Waals surface area contributed by atoms with Crippen LogP contribution in [0.1, 0.15) is 27.6 Å². The maximum atomic E-state index is 12.6. The highest BCUT2D eigenvalue weighted by Crippen LogP contribution is 2.29. The Hall–Kier alpha value is -3.95. The number of carbonyl (C=O) groups is 3. The molecule has 0 fully saturated rings. The fourth-order valence-corrected chi connectivity index (χ4v) is 2.36. The molecule has 2 N–H and O–H groups in total. The minimum absolute atomic E-state index is 0.124. The first-order chi connectivity index (χ1) is 13.2. The zero-order chi connectivity index (χ0) is 20.8. The van der Waals surface area contributed by atoms with E-state index in [4.69, 9.17) is 4.74 Å². The van der Waals surface area contributed by atoms with Crippen LogP contribution in [0.25, 0.3) is 0 Å². The molecule has 0 aromatic heterocycles. The van der Waals surface area contributed by atoms with Gasteiger partial charge in [-0.25, -0.2) is 4.79 Å². The van der Waals surface area contributed by atoms with Gasteiger partial charge >= 0.3 is 5.97 Å². The van der Waals surface area contributed by atoms with E-state index in [1.54, 1.807) is 6.07 Å². The number of esters is 1. The Balaban J connectivity index is 2.41. The number of nitrogens with one attached hydrogen (secondary N) is 2. The van der Waals surface area contributed by atoms with Crippen molar-refractivity contribution in [2.45, 2.75) is 6.92 Å². The van der Waals surface area contributed by atoms with E-state index in [9.17, 15) is 24.5 Å². The molecule has 0 atom stereocenters. The molecule has 0 spiro atoms. The second-order valence-corrected chi connectivity index (χ2v) is 5.57. The summed E-state index contributed by atoms with van der Waals surface area (Å²) in [6.07, 6.45) is 0. The van der Waals surface area contributed by atoms with Gasteiger partial charge in [0.05, 0.1) is 30.4 Å². The average molecular weight is 387 g/mol. The zero-order valence-electron chi connectivity index (χ0n) is 15.3. The number of amides is 2. The van der Waals surface area contributed by atoms with Crippen molar-refractivity contribution < 1.29 is 28.8 Å². The number of nitro benzene ring substituents is 1. The minimum atomic E-state index is -0.817. The van der Waals surface area contributed by atoms with Gasteiger partial charge in [0.2, 0.25) is 5.91 Å². The molecule has 2 rings (SSSR count). The molecule has 0 heterocycles. The summed E-state index contributed by atoms with van der Waals surface area (Å²) in [6, 6.07) is 7.81. The lowest BCUT2D eigenvalue weighted by atomic mass is 10.1. The number of ether oxygens (including phenoxy) is 2. The van der Waals surface area contributed by atoms with E-state index in [-0.39, 0.29) is 22.7 Å². The number of nitrogens with zero attached hydrogens (tertiary/aromatic N) is 1. The van der Waals surface area contributed by atoms with E-state index < -0.39 is 22.5 Å². The summed E-state index contributed by atoms with van der Waals surface area (Å²) in [7, 11) is 2.52. The lowest BCUT2D eigenvalue weighted by Gasteiger charge is -2.13. The topological polar surface area (TPSA) is 137 Å². The summed E-state index contributed by atoms with van der Waals surface area (Å²) in [4.78, 5) is 46.0. The summed E-state index contributed by atoms with van der Waals surface area (Å²) in [5, 5.41) is 16.2. The van der Waals surface area contributed by atoms with Crippen molar-refractivity contribution >= 4 is 34.8 Å². The Morgan fingerprint density at radius 2 is 1.68 bits per heavy atom. The van der Waals surface area contributed by atoms with Crippen LogP contribution in [0.4, 0.5) is 17.1 Å². The second-order valence-electron chi connectivity index (χ2n) is 5.57. The summed E-state index contributed by atoms with van der Waals surface area (Å²) in [5.74, 6) is -1.53. The molecule has 10 nitrogen and oxygen atoms in total. The first kappa shape index (κ1) is 20.4. The smallest absolute Gasteiger partial charge is 0.338 e. The third-order valence-corrected chi connectivity index (χ3v) is 3.58. The summed E-state index contributed by atoms with van der Waals surface area (Å²) < 4.78 is 9.73. The van der Waals surface area contributed by atoms with Crippen LogP contribution < -0.4 is 15.4 Å². The van der Waals surface area contributed by atoms with E-state index in [2.05, 4.69) is 15.4 Å². The molecule has 28 heavy (non-hydrogen) atoms. The predicted molar refractivity (Wildman–Crippen MR) is 99.7 cm³/mol. The molecule has 2 aromatic rings. The number of methoxy groups -OCH3 is 2. The number of hydrogen-bond acceptors (Lipinski definition) is 7. The quantitative estimate of drug-likeness (QED) is 0.441. The molecule has 10 heteroatoms. The Morgan fingerprint density at radius 1 is 1.00 bits per heavy atom. The molecule has 0 aliphatic carbocycles. The van der Waals surface area contributed by atoms with Gasteiger partial charge in [-0.2, -0.15) is 0 Å². The van der Waals surface area contributed by atoms with Crippen molar-refractivity contribution in [2.75, 3.05) is 24.9 Å². The van der Waals surface area contributed by atoms with Crippen LogP contribution in [0.5, 0.6) is 5.75 Å². The highest BCUT2D eigenvalue weighted by molar-refractivity contribution is 6.07. The number of carbonyl (C=O) groups excluding carboxylic acids is 3.